The maximum atomic E-state index is 12.5. The van der Waals surface area contributed by atoms with Gasteiger partial charge in [-0.25, -0.2) is 0 Å². The highest BCUT2D eigenvalue weighted by atomic mass is 32.1. The molecular formula is C23H21N3O3S. The van der Waals surface area contributed by atoms with Crippen molar-refractivity contribution in [2.75, 3.05) is 5.32 Å². The molecule has 0 spiro atoms. The summed E-state index contributed by atoms with van der Waals surface area (Å²) >= 11 is 0.904. The second-order valence-corrected chi connectivity index (χ2v) is 8.27. The van der Waals surface area contributed by atoms with Gasteiger partial charge in [0, 0.05) is 22.5 Å². The molecule has 0 saturated carbocycles. The fourth-order valence-corrected chi connectivity index (χ4v) is 4.31. The number of para-hydroxylation sites is 1. The number of amides is 1. The van der Waals surface area contributed by atoms with Gasteiger partial charge in [-0.1, -0.05) is 47.2 Å². The predicted octanol–water partition coefficient (Wildman–Crippen LogP) is 4.52. The Morgan fingerprint density at radius 3 is 2.73 bits per heavy atom. The highest BCUT2D eigenvalue weighted by Gasteiger charge is 2.21. The first kappa shape index (κ1) is 19.8. The third kappa shape index (κ3) is 3.71. The highest BCUT2D eigenvalue weighted by Crippen LogP contribution is 2.37. The normalized spacial score (nSPS) is 14.0. The van der Waals surface area contributed by atoms with E-state index in [2.05, 4.69) is 10.3 Å². The van der Waals surface area contributed by atoms with Crippen LogP contribution in [-0.2, 0) is 11.3 Å². The molecule has 0 atom stereocenters. The molecule has 1 aliphatic heterocycles. The number of nitrogens with zero attached hydrogens (tertiary/aromatic N) is 2. The summed E-state index contributed by atoms with van der Waals surface area (Å²) in [7, 11) is 0. The number of hydrogen-bond acceptors (Lipinski definition) is 5. The molecular weight excluding hydrogens is 398 g/mol. The Hall–Kier alpha value is -3.45. The van der Waals surface area contributed by atoms with Crippen LogP contribution in [0.15, 0.2) is 52.3 Å². The van der Waals surface area contributed by atoms with Gasteiger partial charge in [0.05, 0.1) is 10.6 Å². The van der Waals surface area contributed by atoms with Gasteiger partial charge in [-0.15, -0.1) is 0 Å². The van der Waals surface area contributed by atoms with Gasteiger partial charge in [0.25, 0.3) is 0 Å². The molecule has 1 aliphatic rings. The summed E-state index contributed by atoms with van der Waals surface area (Å²) in [6.45, 7) is 5.51. The van der Waals surface area contributed by atoms with Crippen LogP contribution < -0.4 is 10.2 Å². The van der Waals surface area contributed by atoms with Crippen LogP contribution in [-0.4, -0.2) is 21.3 Å². The summed E-state index contributed by atoms with van der Waals surface area (Å²) < 4.78 is 1.09. The van der Waals surface area contributed by atoms with E-state index in [4.69, 9.17) is 0 Å². The lowest BCUT2D eigenvalue weighted by atomic mass is 10.0. The Morgan fingerprint density at radius 2 is 1.97 bits per heavy atom. The molecule has 0 bridgehead atoms. The zero-order valence-electron chi connectivity index (χ0n) is 16.9. The van der Waals surface area contributed by atoms with Crippen LogP contribution in [0.3, 0.4) is 0 Å². The SMILES string of the molecule is CC1=Nc2ccccc2C1=Cc1sc(=O)n(CC(=O)Nc2ccc(C)cc2C)c1O. The number of benzene rings is 2. The second-order valence-electron chi connectivity index (χ2n) is 7.28. The van der Waals surface area contributed by atoms with E-state index in [1.165, 1.54) is 0 Å². The molecule has 3 aromatic rings. The standard InChI is InChI=1S/C23H21N3O3S/c1-13-8-9-18(14(2)10-13)25-21(27)12-26-22(28)20(30-23(26)29)11-17-15(3)24-19-7-5-4-6-16(17)19/h4-11,28H,12H2,1-3H3,(H,25,27). The third-order valence-electron chi connectivity index (χ3n) is 5.00. The Kier molecular flexibility index (Phi) is 5.13. The zero-order chi connectivity index (χ0) is 21.4. The number of allylic oxidation sites excluding steroid dienone is 1. The number of rotatable bonds is 4. The Labute approximate surface area is 177 Å². The average molecular weight is 420 g/mol. The van der Waals surface area contributed by atoms with Gasteiger partial charge in [0.2, 0.25) is 11.8 Å². The molecule has 1 aromatic heterocycles. The molecule has 152 valence electrons. The van der Waals surface area contributed by atoms with Crippen LogP contribution in [0.2, 0.25) is 0 Å². The number of thiazole rings is 1. The molecule has 0 saturated heterocycles. The van der Waals surface area contributed by atoms with Crippen molar-refractivity contribution in [2.45, 2.75) is 27.3 Å². The van der Waals surface area contributed by atoms with Crippen LogP contribution in [0.1, 0.15) is 28.5 Å². The monoisotopic (exact) mass is 419 g/mol. The largest absolute Gasteiger partial charge is 0.493 e. The summed E-state index contributed by atoms with van der Waals surface area (Å²) in [4.78, 5) is 29.5. The Morgan fingerprint density at radius 1 is 1.20 bits per heavy atom. The first-order chi connectivity index (χ1) is 14.3. The number of aryl methyl sites for hydroxylation is 2. The summed E-state index contributed by atoms with van der Waals surface area (Å²) in [5.41, 5.74) is 6.21. The molecule has 0 fully saturated rings. The van der Waals surface area contributed by atoms with Crippen LogP contribution in [0.5, 0.6) is 5.88 Å². The molecule has 0 radical (unpaired) electrons. The second kappa shape index (κ2) is 7.76. The first-order valence-corrected chi connectivity index (χ1v) is 10.3. The quantitative estimate of drug-likeness (QED) is 0.652. The molecule has 30 heavy (non-hydrogen) atoms. The number of carbonyl (C=O) groups excluding carboxylic acids is 1. The molecule has 2 N–H and O–H groups in total. The molecule has 0 aliphatic carbocycles. The molecule has 7 heteroatoms. The van der Waals surface area contributed by atoms with E-state index in [1.54, 1.807) is 6.08 Å². The molecule has 1 amide bonds. The van der Waals surface area contributed by atoms with Gasteiger partial charge in [-0.2, -0.15) is 0 Å². The van der Waals surface area contributed by atoms with Gasteiger partial charge < -0.3 is 10.4 Å². The number of anilines is 1. The smallest absolute Gasteiger partial charge is 0.311 e. The van der Waals surface area contributed by atoms with E-state index in [1.807, 2.05) is 63.2 Å². The number of hydrogen-bond donors (Lipinski definition) is 2. The Balaban J connectivity index is 1.60. The van der Waals surface area contributed by atoms with Gasteiger partial charge in [-0.3, -0.25) is 19.1 Å². The highest BCUT2D eigenvalue weighted by molar-refractivity contribution is 7.10. The molecule has 4 rings (SSSR count). The lowest BCUT2D eigenvalue weighted by Crippen LogP contribution is -2.24. The van der Waals surface area contributed by atoms with Crippen molar-refractivity contribution >= 4 is 46.0 Å². The fourth-order valence-electron chi connectivity index (χ4n) is 3.48. The molecule has 6 nitrogen and oxygen atoms in total. The number of fused-ring (bicyclic) bond motifs is 1. The van der Waals surface area contributed by atoms with Crippen molar-refractivity contribution in [1.29, 1.82) is 0 Å². The van der Waals surface area contributed by atoms with Gasteiger partial charge in [0.15, 0.2) is 0 Å². The van der Waals surface area contributed by atoms with E-state index < -0.39 is 4.87 Å². The van der Waals surface area contributed by atoms with Crippen LogP contribution >= 0.6 is 11.3 Å². The van der Waals surface area contributed by atoms with Crippen molar-refractivity contribution in [3.05, 3.63) is 73.7 Å². The van der Waals surface area contributed by atoms with Crippen molar-refractivity contribution < 1.29 is 9.90 Å². The number of nitrogens with one attached hydrogen (secondary N) is 1. The minimum Gasteiger partial charge on any atom is -0.493 e. The molecule has 0 unspecified atom stereocenters. The van der Waals surface area contributed by atoms with Gasteiger partial charge >= 0.3 is 4.87 Å². The maximum Gasteiger partial charge on any atom is 0.311 e. The topological polar surface area (TPSA) is 83.7 Å². The fraction of sp³-hybridized carbons (Fsp3) is 0.174. The summed E-state index contributed by atoms with van der Waals surface area (Å²) in [6.07, 6.45) is 1.75. The molecule has 2 aromatic carbocycles. The summed E-state index contributed by atoms with van der Waals surface area (Å²) in [6, 6.07) is 13.4. The van der Waals surface area contributed by atoms with Crippen LogP contribution in [0.25, 0.3) is 11.6 Å². The maximum absolute atomic E-state index is 12.5. The number of aromatic hydroxyl groups is 1. The lowest BCUT2D eigenvalue weighted by Gasteiger charge is -2.09. The van der Waals surface area contributed by atoms with Crippen molar-refractivity contribution in [2.24, 2.45) is 4.99 Å². The first-order valence-electron chi connectivity index (χ1n) is 9.50. The van der Waals surface area contributed by atoms with Crippen LogP contribution in [0, 0.1) is 13.8 Å². The number of aromatic nitrogens is 1. The third-order valence-corrected chi connectivity index (χ3v) is 5.91. The molecule has 2 heterocycles. The minimum atomic E-state index is -0.393. The van der Waals surface area contributed by atoms with E-state index >= 15 is 0 Å². The lowest BCUT2D eigenvalue weighted by molar-refractivity contribution is -0.116. The van der Waals surface area contributed by atoms with Gasteiger partial charge in [-0.05, 0) is 44.5 Å². The van der Waals surface area contributed by atoms with Crippen molar-refractivity contribution in [3.63, 3.8) is 0 Å². The van der Waals surface area contributed by atoms with E-state index in [0.29, 0.717) is 10.6 Å². The van der Waals surface area contributed by atoms with Crippen molar-refractivity contribution in [3.8, 4) is 5.88 Å². The summed E-state index contributed by atoms with van der Waals surface area (Å²) in [5, 5.41) is 13.4. The Bertz CT molecular complexity index is 1280. The number of aliphatic imine (C=N–C) groups is 1. The zero-order valence-corrected chi connectivity index (χ0v) is 17.7. The number of carbonyl (C=O) groups is 1. The average Bonchev–Trinajstić information content (AvgIpc) is 3.15. The minimum absolute atomic E-state index is 0.217. The van der Waals surface area contributed by atoms with Crippen LogP contribution in [0.4, 0.5) is 11.4 Å². The van der Waals surface area contributed by atoms with E-state index in [-0.39, 0.29) is 18.3 Å². The van der Waals surface area contributed by atoms with E-state index in [0.717, 1.165) is 49.6 Å². The van der Waals surface area contributed by atoms with Crippen molar-refractivity contribution in [1.82, 2.24) is 4.57 Å². The van der Waals surface area contributed by atoms with Gasteiger partial charge in [0.1, 0.15) is 6.54 Å². The predicted molar refractivity (Wildman–Crippen MR) is 122 cm³/mol. The van der Waals surface area contributed by atoms with E-state index in [9.17, 15) is 14.7 Å². The summed E-state index contributed by atoms with van der Waals surface area (Å²) in [5.74, 6) is -0.592.